The molecule has 0 saturated heterocycles. The normalized spacial score (nSPS) is 13.7. The molecule has 0 aromatic rings. The Hall–Kier alpha value is -0.200. The largest absolute Gasteiger partial charge is 0.314 e. The van der Waals surface area contributed by atoms with E-state index in [1.807, 2.05) is 0 Å². The zero-order valence-electron chi connectivity index (χ0n) is 24.3. The van der Waals surface area contributed by atoms with Crippen LogP contribution in [0.15, 0.2) is 0 Å². The average molecular weight is 456 g/mol. The van der Waals surface area contributed by atoms with Crippen molar-refractivity contribution in [2.75, 3.05) is 52.4 Å². The molecule has 0 aromatic carbocycles. The summed E-state index contributed by atoms with van der Waals surface area (Å²) in [7, 11) is 0. The third-order valence-corrected chi connectivity index (χ3v) is 6.70. The maximum atomic E-state index is 3.72. The van der Waals surface area contributed by atoms with E-state index in [9.17, 15) is 0 Å². The van der Waals surface area contributed by atoms with Crippen LogP contribution in [0.1, 0.15) is 90.0 Å². The highest BCUT2D eigenvalue weighted by atomic mass is 15.3. The monoisotopic (exact) mass is 455 g/mol. The van der Waals surface area contributed by atoms with E-state index in [-0.39, 0.29) is 5.54 Å². The van der Waals surface area contributed by atoms with Crippen LogP contribution in [0.4, 0.5) is 0 Å². The molecule has 0 unspecified atom stereocenters. The van der Waals surface area contributed by atoms with Gasteiger partial charge >= 0.3 is 0 Å². The zero-order valence-corrected chi connectivity index (χ0v) is 24.3. The van der Waals surface area contributed by atoms with Crippen LogP contribution in [-0.4, -0.2) is 108 Å². The Morgan fingerprint density at radius 1 is 0.500 bits per heavy atom. The molecular weight excluding hydrogens is 394 g/mol. The third kappa shape index (κ3) is 12.9. The van der Waals surface area contributed by atoms with Crippen LogP contribution >= 0.6 is 0 Å². The Kier molecular flexibility index (Phi) is 15.6. The molecule has 0 aromatic heterocycles. The Morgan fingerprint density at radius 3 is 1.22 bits per heavy atom. The van der Waals surface area contributed by atoms with Crippen LogP contribution in [0, 0.1) is 0 Å². The number of hydrogen-bond acceptors (Lipinski definition) is 5. The summed E-state index contributed by atoms with van der Waals surface area (Å²) < 4.78 is 0. The number of nitrogens with one attached hydrogen (secondary N) is 1. The molecule has 1 N–H and O–H groups in total. The van der Waals surface area contributed by atoms with E-state index in [0.29, 0.717) is 30.2 Å². The highest BCUT2D eigenvalue weighted by Crippen LogP contribution is 2.16. The van der Waals surface area contributed by atoms with Crippen molar-refractivity contribution in [3.05, 3.63) is 0 Å². The summed E-state index contributed by atoms with van der Waals surface area (Å²) in [5.41, 5.74) is 0.218. The van der Waals surface area contributed by atoms with Crippen LogP contribution in [-0.2, 0) is 0 Å². The lowest BCUT2D eigenvalue weighted by atomic mass is 10.0. The van der Waals surface area contributed by atoms with E-state index in [1.165, 1.54) is 0 Å². The number of rotatable bonds is 17. The lowest BCUT2D eigenvalue weighted by Gasteiger charge is -2.40. The van der Waals surface area contributed by atoms with Gasteiger partial charge in [-0.05, 0) is 90.0 Å². The summed E-state index contributed by atoms with van der Waals surface area (Å²) >= 11 is 0. The molecule has 0 bridgehead atoms. The summed E-state index contributed by atoms with van der Waals surface area (Å²) in [6.45, 7) is 39.1. The lowest BCUT2D eigenvalue weighted by Crippen LogP contribution is -2.50. The maximum Gasteiger partial charge on any atom is 0.0128 e. The number of hydrogen-bond donors (Lipinski definition) is 1. The van der Waals surface area contributed by atoms with Crippen LogP contribution in [0.25, 0.3) is 0 Å². The first-order valence-corrected chi connectivity index (χ1v) is 13.4. The minimum absolute atomic E-state index is 0.218. The quantitative estimate of drug-likeness (QED) is 0.323. The molecule has 0 atom stereocenters. The molecule has 32 heavy (non-hydrogen) atoms. The zero-order chi connectivity index (χ0) is 25.1. The van der Waals surface area contributed by atoms with Crippen LogP contribution in [0.3, 0.4) is 0 Å². The van der Waals surface area contributed by atoms with Crippen molar-refractivity contribution in [1.82, 2.24) is 24.9 Å². The summed E-state index contributed by atoms with van der Waals surface area (Å²) in [6.07, 6.45) is 0. The molecule has 5 heteroatoms. The molecule has 194 valence electrons. The van der Waals surface area contributed by atoms with Gasteiger partial charge in [0, 0.05) is 88.1 Å². The fourth-order valence-electron chi connectivity index (χ4n) is 4.79. The standard InChI is InChI=1S/C27H61N5/c1-22(2)29(18-20-31(24(5)6)25(7)8)16-14-28-15-17-30(23(3)4)19-21-32(26(9)10)27(11,12)13/h22-26,28H,14-21H2,1-13H3. The lowest BCUT2D eigenvalue weighted by molar-refractivity contribution is 0.0764. The summed E-state index contributed by atoms with van der Waals surface area (Å²) in [5, 5.41) is 3.72. The van der Waals surface area contributed by atoms with Gasteiger partial charge in [0.2, 0.25) is 0 Å². The Bertz CT molecular complexity index is 445. The molecule has 0 radical (unpaired) electrons. The van der Waals surface area contributed by atoms with E-state index in [2.05, 4.69) is 115 Å². The predicted molar refractivity (Wildman–Crippen MR) is 145 cm³/mol. The predicted octanol–water partition coefficient (Wildman–Crippen LogP) is 4.62. The number of nitrogens with zero attached hydrogens (tertiary/aromatic N) is 4. The topological polar surface area (TPSA) is 25.0 Å². The van der Waals surface area contributed by atoms with Crippen molar-refractivity contribution in [2.45, 2.75) is 126 Å². The van der Waals surface area contributed by atoms with Crippen molar-refractivity contribution in [1.29, 1.82) is 0 Å². The van der Waals surface area contributed by atoms with Gasteiger partial charge in [-0.1, -0.05) is 0 Å². The molecule has 0 amide bonds. The molecule has 5 nitrogen and oxygen atoms in total. The van der Waals surface area contributed by atoms with Crippen LogP contribution in [0.2, 0.25) is 0 Å². The van der Waals surface area contributed by atoms with Crippen LogP contribution < -0.4 is 5.32 Å². The molecule has 0 heterocycles. The second-order valence-electron chi connectivity index (χ2n) is 11.9. The molecule has 0 aliphatic carbocycles. The van der Waals surface area contributed by atoms with Gasteiger partial charge in [0.25, 0.3) is 0 Å². The van der Waals surface area contributed by atoms with E-state index in [1.54, 1.807) is 0 Å². The van der Waals surface area contributed by atoms with Crippen molar-refractivity contribution >= 4 is 0 Å². The minimum atomic E-state index is 0.218. The van der Waals surface area contributed by atoms with Gasteiger partial charge < -0.3 is 5.32 Å². The van der Waals surface area contributed by atoms with Gasteiger partial charge in [-0.25, -0.2) is 0 Å². The highest BCUT2D eigenvalue weighted by Gasteiger charge is 2.24. The van der Waals surface area contributed by atoms with Crippen LogP contribution in [0.5, 0.6) is 0 Å². The summed E-state index contributed by atoms with van der Waals surface area (Å²) in [4.78, 5) is 10.5. The Labute approximate surface area is 203 Å². The van der Waals surface area contributed by atoms with Crippen molar-refractivity contribution in [2.24, 2.45) is 0 Å². The average Bonchev–Trinajstić information content (AvgIpc) is 2.62. The highest BCUT2D eigenvalue weighted by molar-refractivity contribution is 4.81. The van der Waals surface area contributed by atoms with Gasteiger partial charge in [0.05, 0.1) is 0 Å². The van der Waals surface area contributed by atoms with Crippen molar-refractivity contribution in [3.63, 3.8) is 0 Å². The minimum Gasteiger partial charge on any atom is -0.314 e. The first-order chi connectivity index (χ1) is 14.7. The van der Waals surface area contributed by atoms with Gasteiger partial charge in [-0.3, -0.25) is 19.6 Å². The maximum absolute atomic E-state index is 3.72. The smallest absolute Gasteiger partial charge is 0.0128 e. The fourth-order valence-corrected chi connectivity index (χ4v) is 4.79. The fraction of sp³-hybridized carbons (Fsp3) is 1.00. The second kappa shape index (κ2) is 15.7. The molecule has 0 rings (SSSR count). The van der Waals surface area contributed by atoms with Gasteiger partial charge in [0.1, 0.15) is 0 Å². The molecular formula is C27H61N5. The molecule has 0 saturated carbocycles. The van der Waals surface area contributed by atoms with Gasteiger partial charge in [-0.2, -0.15) is 0 Å². The first kappa shape index (κ1) is 31.8. The van der Waals surface area contributed by atoms with Crippen molar-refractivity contribution < 1.29 is 0 Å². The van der Waals surface area contributed by atoms with E-state index in [0.717, 1.165) is 52.4 Å². The molecule has 0 fully saturated rings. The molecule has 0 aliphatic rings. The Morgan fingerprint density at radius 2 is 0.906 bits per heavy atom. The van der Waals surface area contributed by atoms with Gasteiger partial charge in [-0.15, -0.1) is 0 Å². The summed E-state index contributed by atoms with van der Waals surface area (Å²) in [6, 6.07) is 2.95. The third-order valence-electron chi connectivity index (χ3n) is 6.70. The second-order valence-corrected chi connectivity index (χ2v) is 11.9. The molecule has 0 aliphatic heterocycles. The van der Waals surface area contributed by atoms with E-state index >= 15 is 0 Å². The van der Waals surface area contributed by atoms with Gasteiger partial charge in [0.15, 0.2) is 0 Å². The van der Waals surface area contributed by atoms with E-state index in [4.69, 9.17) is 0 Å². The first-order valence-electron chi connectivity index (χ1n) is 13.4. The van der Waals surface area contributed by atoms with Crippen molar-refractivity contribution in [3.8, 4) is 0 Å². The SMILES string of the molecule is CC(C)N(CCNCCN(CCN(C(C)C)C(C)(C)C)C(C)C)CCN(C(C)C)C(C)C. The Balaban J connectivity index is 4.48. The summed E-state index contributed by atoms with van der Waals surface area (Å²) in [5.74, 6) is 0. The molecule has 0 spiro atoms. The van der Waals surface area contributed by atoms with E-state index < -0.39 is 0 Å².